The highest BCUT2D eigenvalue weighted by Gasteiger charge is 2.13. The number of nitrogens with one attached hydrogen (secondary N) is 3. The first-order valence-corrected chi connectivity index (χ1v) is 6.64. The zero-order valence-corrected chi connectivity index (χ0v) is 11.8. The van der Waals surface area contributed by atoms with Gasteiger partial charge in [-0.3, -0.25) is 4.79 Å². The number of rotatable bonds is 2. The highest BCUT2D eigenvalue weighted by atomic mass is 16.2. The third-order valence-corrected chi connectivity index (χ3v) is 3.43. The number of aryl methyl sites for hydroxylation is 2. The summed E-state index contributed by atoms with van der Waals surface area (Å²) in [4.78, 5) is 29.1. The lowest BCUT2D eigenvalue weighted by molar-refractivity contribution is 0.102. The second kappa shape index (κ2) is 4.94. The van der Waals surface area contributed by atoms with E-state index in [1.165, 1.54) is 0 Å². The molecule has 106 valence electrons. The molecule has 1 heterocycles. The Balaban J connectivity index is 1.99. The van der Waals surface area contributed by atoms with Crippen molar-refractivity contribution >= 4 is 22.6 Å². The molecule has 0 atom stereocenters. The van der Waals surface area contributed by atoms with Crippen molar-refractivity contribution in [2.24, 2.45) is 0 Å². The van der Waals surface area contributed by atoms with Crippen LogP contribution in [0.3, 0.4) is 0 Å². The van der Waals surface area contributed by atoms with Gasteiger partial charge in [0.05, 0.1) is 16.6 Å². The first-order valence-electron chi connectivity index (χ1n) is 6.64. The standard InChI is InChI=1S/C16H15N3O2/c1-9-6-7-12(10(2)8-9)17-15(20)11-4-3-5-13-14(11)19-16(21)18-13/h3-8H,1-2H3,(H,17,20)(H2,18,19,21). The minimum Gasteiger partial charge on any atom is -0.322 e. The van der Waals surface area contributed by atoms with E-state index in [1.807, 2.05) is 32.0 Å². The van der Waals surface area contributed by atoms with Gasteiger partial charge in [-0.1, -0.05) is 23.8 Å². The molecular formula is C16H15N3O2. The van der Waals surface area contributed by atoms with Crippen LogP contribution in [0.5, 0.6) is 0 Å². The fraction of sp³-hybridized carbons (Fsp3) is 0.125. The Morgan fingerprint density at radius 2 is 1.90 bits per heavy atom. The van der Waals surface area contributed by atoms with E-state index in [-0.39, 0.29) is 11.6 Å². The highest BCUT2D eigenvalue weighted by molar-refractivity contribution is 6.11. The van der Waals surface area contributed by atoms with Crippen molar-refractivity contribution in [3.05, 3.63) is 63.6 Å². The molecule has 0 aliphatic rings. The molecule has 3 rings (SSSR count). The molecule has 0 saturated carbocycles. The predicted molar refractivity (Wildman–Crippen MR) is 82.8 cm³/mol. The monoisotopic (exact) mass is 281 g/mol. The molecule has 5 heteroatoms. The summed E-state index contributed by atoms with van der Waals surface area (Å²) >= 11 is 0. The van der Waals surface area contributed by atoms with E-state index in [0.717, 1.165) is 16.8 Å². The Labute approximate surface area is 121 Å². The van der Waals surface area contributed by atoms with Gasteiger partial charge in [0.1, 0.15) is 0 Å². The van der Waals surface area contributed by atoms with Gasteiger partial charge < -0.3 is 15.3 Å². The maximum atomic E-state index is 12.4. The maximum absolute atomic E-state index is 12.4. The third-order valence-electron chi connectivity index (χ3n) is 3.43. The van der Waals surface area contributed by atoms with Gasteiger partial charge in [-0.2, -0.15) is 0 Å². The summed E-state index contributed by atoms with van der Waals surface area (Å²) in [6.45, 7) is 3.95. The quantitative estimate of drug-likeness (QED) is 0.675. The van der Waals surface area contributed by atoms with Gasteiger partial charge in [0.25, 0.3) is 5.91 Å². The van der Waals surface area contributed by atoms with Gasteiger partial charge in [0.15, 0.2) is 0 Å². The van der Waals surface area contributed by atoms with Crippen LogP contribution in [0.25, 0.3) is 11.0 Å². The maximum Gasteiger partial charge on any atom is 0.323 e. The lowest BCUT2D eigenvalue weighted by Gasteiger charge is -2.09. The van der Waals surface area contributed by atoms with Gasteiger partial charge in [-0.25, -0.2) is 4.79 Å². The molecule has 0 bridgehead atoms. The molecule has 1 amide bonds. The number of aromatic nitrogens is 2. The van der Waals surface area contributed by atoms with Gasteiger partial charge >= 0.3 is 5.69 Å². The van der Waals surface area contributed by atoms with Crippen LogP contribution < -0.4 is 11.0 Å². The van der Waals surface area contributed by atoms with E-state index in [4.69, 9.17) is 0 Å². The number of anilines is 1. The largest absolute Gasteiger partial charge is 0.323 e. The van der Waals surface area contributed by atoms with Crippen LogP contribution in [0.4, 0.5) is 5.69 Å². The van der Waals surface area contributed by atoms with Crippen molar-refractivity contribution in [1.29, 1.82) is 0 Å². The summed E-state index contributed by atoms with van der Waals surface area (Å²) < 4.78 is 0. The zero-order valence-electron chi connectivity index (χ0n) is 11.8. The van der Waals surface area contributed by atoms with E-state index in [1.54, 1.807) is 18.2 Å². The highest BCUT2D eigenvalue weighted by Crippen LogP contribution is 2.19. The lowest BCUT2D eigenvalue weighted by Crippen LogP contribution is -2.13. The third kappa shape index (κ3) is 2.45. The average molecular weight is 281 g/mol. The molecule has 0 unspecified atom stereocenters. The Morgan fingerprint density at radius 3 is 2.67 bits per heavy atom. The fourth-order valence-corrected chi connectivity index (χ4v) is 2.39. The Hall–Kier alpha value is -2.82. The van der Waals surface area contributed by atoms with E-state index < -0.39 is 0 Å². The van der Waals surface area contributed by atoms with Gasteiger partial charge in [-0.05, 0) is 37.6 Å². The Kier molecular flexibility index (Phi) is 3.10. The first-order chi connectivity index (χ1) is 10.0. The van der Waals surface area contributed by atoms with Gasteiger partial charge in [-0.15, -0.1) is 0 Å². The molecule has 0 fully saturated rings. The number of hydrogen-bond donors (Lipinski definition) is 3. The molecule has 21 heavy (non-hydrogen) atoms. The van der Waals surface area contributed by atoms with Crippen molar-refractivity contribution in [2.75, 3.05) is 5.32 Å². The molecule has 1 aromatic heterocycles. The zero-order chi connectivity index (χ0) is 15.0. The number of carbonyl (C=O) groups is 1. The molecule has 0 aliphatic carbocycles. The van der Waals surface area contributed by atoms with E-state index in [2.05, 4.69) is 15.3 Å². The van der Waals surface area contributed by atoms with Crippen LogP contribution in [-0.4, -0.2) is 15.9 Å². The number of carbonyl (C=O) groups excluding carboxylic acids is 1. The number of amides is 1. The minimum atomic E-state index is -0.322. The van der Waals surface area contributed by atoms with Crippen LogP contribution in [0.1, 0.15) is 21.5 Å². The fourth-order valence-electron chi connectivity index (χ4n) is 2.39. The van der Waals surface area contributed by atoms with Crippen molar-refractivity contribution in [3.8, 4) is 0 Å². The van der Waals surface area contributed by atoms with Gasteiger partial charge in [0, 0.05) is 5.69 Å². The Bertz CT molecular complexity index is 890. The normalized spacial score (nSPS) is 10.8. The van der Waals surface area contributed by atoms with Crippen molar-refractivity contribution in [3.63, 3.8) is 0 Å². The SMILES string of the molecule is Cc1ccc(NC(=O)c2cccc3[nH]c(=O)[nH]c23)c(C)c1. The van der Waals surface area contributed by atoms with Crippen LogP contribution >= 0.6 is 0 Å². The molecule has 5 nitrogen and oxygen atoms in total. The molecule has 0 spiro atoms. The molecule has 2 aromatic carbocycles. The van der Waals surface area contributed by atoms with Crippen LogP contribution in [0.2, 0.25) is 0 Å². The smallest absolute Gasteiger partial charge is 0.322 e. The van der Waals surface area contributed by atoms with Gasteiger partial charge in [0.2, 0.25) is 0 Å². The molecule has 3 N–H and O–H groups in total. The van der Waals surface area contributed by atoms with E-state index in [0.29, 0.717) is 16.6 Å². The number of fused-ring (bicyclic) bond motifs is 1. The Morgan fingerprint density at radius 1 is 1.10 bits per heavy atom. The topological polar surface area (TPSA) is 77.8 Å². The minimum absolute atomic E-state index is 0.247. The number of aromatic amines is 2. The molecule has 0 saturated heterocycles. The average Bonchev–Trinajstić information content (AvgIpc) is 2.81. The molecule has 0 radical (unpaired) electrons. The summed E-state index contributed by atoms with van der Waals surface area (Å²) in [6, 6.07) is 11.0. The predicted octanol–water partition coefficient (Wildman–Crippen LogP) is 2.73. The molecule has 0 aliphatic heterocycles. The van der Waals surface area contributed by atoms with Crippen molar-refractivity contribution in [1.82, 2.24) is 9.97 Å². The van der Waals surface area contributed by atoms with Crippen LogP contribution in [0, 0.1) is 13.8 Å². The van der Waals surface area contributed by atoms with Crippen molar-refractivity contribution in [2.45, 2.75) is 13.8 Å². The second-order valence-corrected chi connectivity index (χ2v) is 5.08. The van der Waals surface area contributed by atoms with Crippen LogP contribution in [0.15, 0.2) is 41.2 Å². The number of hydrogen-bond acceptors (Lipinski definition) is 2. The number of para-hydroxylation sites is 1. The number of benzene rings is 2. The summed E-state index contributed by atoms with van der Waals surface area (Å²) in [5.41, 5.74) is 4.15. The van der Waals surface area contributed by atoms with E-state index >= 15 is 0 Å². The summed E-state index contributed by atoms with van der Waals surface area (Å²) in [5, 5.41) is 2.88. The van der Waals surface area contributed by atoms with Crippen molar-refractivity contribution < 1.29 is 4.79 Å². The summed E-state index contributed by atoms with van der Waals surface area (Å²) in [5.74, 6) is -0.247. The first kappa shape index (κ1) is 13.2. The molecule has 3 aromatic rings. The second-order valence-electron chi connectivity index (χ2n) is 5.08. The summed E-state index contributed by atoms with van der Waals surface area (Å²) in [7, 11) is 0. The summed E-state index contributed by atoms with van der Waals surface area (Å²) in [6.07, 6.45) is 0. The number of imidazole rings is 1. The van der Waals surface area contributed by atoms with E-state index in [9.17, 15) is 9.59 Å². The number of H-pyrrole nitrogens is 2. The lowest BCUT2D eigenvalue weighted by atomic mass is 10.1. The molecular weight excluding hydrogens is 266 g/mol. The van der Waals surface area contributed by atoms with Crippen LogP contribution in [-0.2, 0) is 0 Å².